The molecule has 3 amide bonds. The summed E-state index contributed by atoms with van der Waals surface area (Å²) in [6, 6.07) is 13.0. The number of aromatic hydroxyl groups is 2. The molecule has 2 aliphatic carbocycles. The number of aliphatic hydroxyl groups is 3. The van der Waals surface area contributed by atoms with Gasteiger partial charge in [0.05, 0.1) is 42.5 Å². The van der Waals surface area contributed by atoms with Gasteiger partial charge in [-0.05, 0) is 37.8 Å². The van der Waals surface area contributed by atoms with Crippen LogP contribution >= 0.6 is 0 Å². The van der Waals surface area contributed by atoms with E-state index in [4.69, 9.17) is 19.3 Å². The number of likely N-dealkylation sites (N-methyl/N-ethyl adjacent to an activating group) is 1. The maximum atomic E-state index is 13.1. The number of aliphatic hydroxyl groups excluding tert-OH is 3. The predicted molar refractivity (Wildman–Crippen MR) is 199 cm³/mol. The molecule has 17 nitrogen and oxygen atoms in total. The van der Waals surface area contributed by atoms with Crippen LogP contribution in [0.5, 0.6) is 17.2 Å². The third kappa shape index (κ3) is 9.40. The Kier molecular flexibility index (Phi) is 13.6. The fourth-order valence-electron chi connectivity index (χ4n) is 7.04. The highest BCUT2D eigenvalue weighted by molar-refractivity contribution is 6.31. The zero-order valence-corrected chi connectivity index (χ0v) is 31.5. The van der Waals surface area contributed by atoms with Crippen LogP contribution in [-0.4, -0.2) is 124 Å². The van der Waals surface area contributed by atoms with Crippen LogP contribution in [0.25, 0.3) is 0 Å². The third-order valence-corrected chi connectivity index (χ3v) is 10.1. The Balaban J connectivity index is 0.000000218. The lowest BCUT2D eigenvalue weighted by molar-refractivity contribution is -0.202. The lowest BCUT2D eigenvalue weighted by atomic mass is 9.75. The van der Waals surface area contributed by atoms with Gasteiger partial charge in [0, 0.05) is 36.1 Å². The van der Waals surface area contributed by atoms with Gasteiger partial charge in [-0.2, -0.15) is 0 Å². The highest BCUT2D eigenvalue weighted by Gasteiger charge is 2.41. The van der Waals surface area contributed by atoms with Crippen molar-refractivity contribution in [3.05, 3.63) is 87.5 Å². The van der Waals surface area contributed by atoms with Crippen LogP contribution in [0.15, 0.2) is 48.5 Å². The molecule has 5 atom stereocenters. The number of carbonyl (C=O) groups excluding carboxylic acids is 6. The number of alkyl carbamates (subject to hydrolysis) is 1. The molecule has 0 radical (unpaired) electrons. The summed E-state index contributed by atoms with van der Waals surface area (Å²) in [6.07, 6.45) is -2.66. The largest absolute Gasteiger partial charge is 0.507 e. The van der Waals surface area contributed by atoms with E-state index in [1.165, 1.54) is 20.2 Å². The number of nitrogens with zero attached hydrogens (tertiary/aromatic N) is 1. The molecule has 0 spiro atoms. The molecule has 0 bridgehead atoms. The maximum Gasteiger partial charge on any atom is 0.407 e. The summed E-state index contributed by atoms with van der Waals surface area (Å²) < 4.78 is 15.3. The average molecular weight is 792 g/mol. The first-order chi connectivity index (χ1) is 27.2. The van der Waals surface area contributed by atoms with Gasteiger partial charge in [0.25, 0.3) is 0 Å². The van der Waals surface area contributed by atoms with Crippen molar-refractivity contribution in [3.8, 4) is 17.2 Å². The fraction of sp³-hybridized carbons (Fsp3) is 0.400. The molecule has 17 heteroatoms. The Morgan fingerprint density at radius 1 is 0.930 bits per heavy atom. The standard InChI is InChI=1S/C21H18O7.C19H27N3O7/c1-28-14-4-2-3-11-15(14)21(27)17-16(19(11)25)20(26)12-7-9(13(23)8-22)5-6-10(12)18(17)24;1-12-18(26)14(8-17(25)29-12)21-15(23)10-22(2)16(24)9-20-19(27)28-11-13-6-4-3-5-7-13/h2-4,9,22,24,26H,5-8H2,1H3;3-7,12,14,17-18,25-26H,8-11H2,1-2H3,(H,20,27)(H,21,23). The van der Waals surface area contributed by atoms with Crippen molar-refractivity contribution in [2.45, 2.75) is 63.8 Å². The van der Waals surface area contributed by atoms with Gasteiger partial charge in [-0.15, -0.1) is 0 Å². The van der Waals surface area contributed by atoms with Gasteiger partial charge in [-0.25, -0.2) is 4.79 Å². The number of phenols is 2. The van der Waals surface area contributed by atoms with E-state index in [0.29, 0.717) is 12.0 Å². The van der Waals surface area contributed by atoms with Crippen molar-refractivity contribution in [3.63, 3.8) is 0 Å². The van der Waals surface area contributed by atoms with Gasteiger partial charge in [-0.3, -0.25) is 24.0 Å². The molecule has 3 aromatic carbocycles. The van der Waals surface area contributed by atoms with Crippen LogP contribution in [0.4, 0.5) is 4.79 Å². The molecule has 0 aromatic heterocycles. The van der Waals surface area contributed by atoms with Crippen molar-refractivity contribution in [1.82, 2.24) is 15.5 Å². The minimum atomic E-state index is -1.08. The Morgan fingerprint density at radius 3 is 2.30 bits per heavy atom. The highest BCUT2D eigenvalue weighted by Crippen LogP contribution is 2.47. The molecule has 6 rings (SSSR count). The molecule has 1 aliphatic heterocycles. The topological polar surface area (TPSA) is 259 Å². The Bertz CT molecular complexity index is 2040. The molecule has 3 aliphatic rings. The number of nitrogens with one attached hydrogen (secondary N) is 2. The second-order valence-electron chi connectivity index (χ2n) is 13.9. The predicted octanol–water partition coefficient (Wildman–Crippen LogP) is 0.892. The van der Waals surface area contributed by atoms with Gasteiger partial charge in [-0.1, -0.05) is 42.5 Å². The minimum Gasteiger partial charge on any atom is -0.507 e. The summed E-state index contributed by atoms with van der Waals surface area (Å²) in [7, 11) is 2.79. The normalized spacial score (nSPS) is 20.7. The van der Waals surface area contributed by atoms with Crippen molar-refractivity contribution in [2.75, 3.05) is 33.9 Å². The molecular formula is C40H45N3O14. The van der Waals surface area contributed by atoms with Gasteiger partial charge >= 0.3 is 6.09 Å². The number of fused-ring (bicyclic) bond motifs is 3. The number of hydrogen-bond acceptors (Lipinski definition) is 14. The first-order valence-electron chi connectivity index (χ1n) is 18.2. The SMILES string of the molecule is CC1OC(O)CC(NC(=O)CN(C)C(=O)CNC(=O)OCc2ccccc2)C1O.COc1cccc2c1C(=O)c1c(O)c3c(c(O)c1C2=O)CC(C(=O)CO)CC3. The van der Waals surface area contributed by atoms with E-state index < -0.39 is 66.5 Å². The highest BCUT2D eigenvalue weighted by atomic mass is 16.6. The quantitative estimate of drug-likeness (QED) is 0.110. The summed E-state index contributed by atoms with van der Waals surface area (Å²) in [5.74, 6) is -3.55. The number of amides is 3. The Labute approximate surface area is 327 Å². The van der Waals surface area contributed by atoms with E-state index >= 15 is 0 Å². The summed E-state index contributed by atoms with van der Waals surface area (Å²) in [5, 5.41) is 55.3. The second-order valence-corrected chi connectivity index (χ2v) is 13.9. The molecule has 1 saturated heterocycles. The summed E-state index contributed by atoms with van der Waals surface area (Å²) in [5.41, 5.74) is 1.12. The zero-order chi connectivity index (χ0) is 41.6. The van der Waals surface area contributed by atoms with Crippen molar-refractivity contribution < 1.29 is 68.5 Å². The van der Waals surface area contributed by atoms with Crippen LogP contribution in [-0.2, 0) is 43.3 Å². The lowest BCUT2D eigenvalue weighted by Crippen LogP contribution is -2.56. The number of rotatable bonds is 10. The first kappa shape index (κ1) is 42.3. The molecule has 1 heterocycles. The monoisotopic (exact) mass is 791 g/mol. The molecule has 5 unspecified atom stereocenters. The van der Waals surface area contributed by atoms with E-state index in [9.17, 15) is 49.2 Å². The van der Waals surface area contributed by atoms with Crippen molar-refractivity contribution in [2.24, 2.45) is 5.92 Å². The number of ketones is 3. The third-order valence-electron chi connectivity index (χ3n) is 10.1. The number of carbonyl (C=O) groups is 6. The van der Waals surface area contributed by atoms with Crippen molar-refractivity contribution >= 4 is 35.3 Å². The van der Waals surface area contributed by atoms with Crippen LogP contribution in [0.1, 0.15) is 68.3 Å². The number of phenolic OH excluding ortho intramolecular Hbond substituents is 2. The van der Waals surface area contributed by atoms with E-state index in [0.717, 1.165) is 10.5 Å². The zero-order valence-electron chi connectivity index (χ0n) is 31.5. The lowest BCUT2D eigenvalue weighted by Gasteiger charge is -2.36. The molecule has 1 fully saturated rings. The van der Waals surface area contributed by atoms with Gasteiger partial charge in [0.2, 0.25) is 17.6 Å². The first-order valence-corrected chi connectivity index (χ1v) is 18.2. The van der Waals surface area contributed by atoms with Crippen LogP contribution < -0.4 is 15.4 Å². The minimum absolute atomic E-state index is 0.0454. The van der Waals surface area contributed by atoms with E-state index in [2.05, 4.69) is 10.6 Å². The molecule has 304 valence electrons. The summed E-state index contributed by atoms with van der Waals surface area (Å²) >= 11 is 0. The number of benzene rings is 3. The smallest absolute Gasteiger partial charge is 0.407 e. The molecule has 3 aromatic rings. The molecular weight excluding hydrogens is 746 g/mol. The number of methoxy groups -OCH3 is 1. The Morgan fingerprint density at radius 2 is 1.61 bits per heavy atom. The van der Waals surface area contributed by atoms with E-state index in [-0.39, 0.29) is 89.8 Å². The molecule has 57 heavy (non-hydrogen) atoms. The Hall–Kier alpha value is -5.88. The van der Waals surface area contributed by atoms with Crippen LogP contribution in [0, 0.1) is 5.92 Å². The van der Waals surface area contributed by atoms with Gasteiger partial charge in [0.1, 0.15) is 43.1 Å². The summed E-state index contributed by atoms with van der Waals surface area (Å²) in [6.45, 7) is 0.463. The number of Topliss-reactive ketones (excluding diaryl/α,β-unsaturated/α-hetero) is 1. The maximum absolute atomic E-state index is 13.1. The van der Waals surface area contributed by atoms with Crippen molar-refractivity contribution in [1.29, 1.82) is 0 Å². The van der Waals surface area contributed by atoms with E-state index in [1.54, 1.807) is 31.2 Å². The molecule has 7 N–H and O–H groups in total. The second kappa shape index (κ2) is 18.4. The molecule has 0 saturated carbocycles. The average Bonchev–Trinajstić information content (AvgIpc) is 3.21. The van der Waals surface area contributed by atoms with Gasteiger partial charge in [0.15, 0.2) is 17.9 Å². The van der Waals surface area contributed by atoms with E-state index in [1.807, 2.05) is 18.2 Å². The van der Waals surface area contributed by atoms with Gasteiger partial charge < -0.3 is 55.3 Å². The number of ether oxygens (including phenoxy) is 3. The van der Waals surface area contributed by atoms with Crippen LogP contribution in [0.3, 0.4) is 0 Å². The fourth-order valence-corrected chi connectivity index (χ4v) is 7.04. The number of hydrogen-bond donors (Lipinski definition) is 7. The van der Waals surface area contributed by atoms with Crippen LogP contribution in [0.2, 0.25) is 0 Å². The summed E-state index contributed by atoms with van der Waals surface area (Å²) in [4.78, 5) is 75.1.